The zero-order valence-corrected chi connectivity index (χ0v) is 23.6. The maximum atomic E-state index is 13.4. The van der Waals surface area contributed by atoms with E-state index in [1.807, 2.05) is 0 Å². The summed E-state index contributed by atoms with van der Waals surface area (Å²) in [6.45, 7) is 6.19. The highest BCUT2D eigenvalue weighted by Gasteiger charge is 2.48. The molecule has 1 fully saturated rings. The number of esters is 1. The van der Waals surface area contributed by atoms with Crippen LogP contribution in [0.15, 0.2) is 58.6 Å². The number of benzene rings is 2. The first kappa shape index (κ1) is 27.5. The van der Waals surface area contributed by atoms with Crippen molar-refractivity contribution in [3.8, 4) is 5.75 Å². The summed E-state index contributed by atoms with van der Waals surface area (Å²) in [5, 5.41) is 11.5. The Balaban J connectivity index is 1.80. The van der Waals surface area contributed by atoms with Gasteiger partial charge in [0.2, 0.25) is 0 Å². The van der Waals surface area contributed by atoms with Gasteiger partial charge in [0, 0.05) is 10.0 Å². The minimum atomic E-state index is -0.954. The molecule has 0 saturated carbocycles. The number of carbonyl (C=O) groups is 3. The molecule has 0 radical (unpaired) electrons. The second kappa shape index (κ2) is 11.9. The number of ether oxygens (including phenoxy) is 2. The van der Waals surface area contributed by atoms with Crippen molar-refractivity contribution in [3.63, 3.8) is 0 Å². The maximum absolute atomic E-state index is 13.4. The number of anilines is 1. The van der Waals surface area contributed by atoms with Crippen LogP contribution in [0.2, 0.25) is 0 Å². The fourth-order valence-electron chi connectivity index (χ4n) is 4.06. The number of carbonyl (C=O) groups excluding carboxylic acids is 3. The normalized spacial score (nSPS) is 16.6. The van der Waals surface area contributed by atoms with Crippen molar-refractivity contribution in [2.45, 2.75) is 39.7 Å². The summed E-state index contributed by atoms with van der Waals surface area (Å²) in [4.78, 5) is 45.1. The van der Waals surface area contributed by atoms with E-state index in [2.05, 4.69) is 27.8 Å². The number of halogens is 1. The lowest BCUT2D eigenvalue weighted by molar-refractivity contribution is -0.132. The lowest BCUT2D eigenvalue weighted by Gasteiger charge is -2.23. The van der Waals surface area contributed by atoms with Crippen LogP contribution in [0.25, 0.3) is 5.76 Å². The molecule has 1 aliphatic heterocycles. The fraction of sp³-hybridized carbons (Fsp3) is 0.286. The smallest absolute Gasteiger partial charge is 0.350 e. The van der Waals surface area contributed by atoms with Crippen LogP contribution in [0.1, 0.15) is 59.2 Å². The van der Waals surface area contributed by atoms with E-state index < -0.39 is 23.7 Å². The van der Waals surface area contributed by atoms with Gasteiger partial charge in [-0.3, -0.25) is 14.5 Å². The first-order chi connectivity index (χ1) is 18.3. The molecule has 0 bridgehead atoms. The highest BCUT2D eigenvalue weighted by atomic mass is 79.9. The number of hydrogen-bond donors (Lipinski definition) is 1. The molecular formula is C28H27BrN2O6S. The van der Waals surface area contributed by atoms with Crippen molar-refractivity contribution >= 4 is 55.8 Å². The molecule has 198 valence electrons. The van der Waals surface area contributed by atoms with Gasteiger partial charge in [-0.25, -0.2) is 9.78 Å². The minimum absolute atomic E-state index is 0.0671. The second-order valence-electron chi connectivity index (χ2n) is 8.58. The van der Waals surface area contributed by atoms with Gasteiger partial charge in [0.25, 0.3) is 5.78 Å². The molecule has 1 aromatic heterocycles. The number of hydrogen-bond acceptors (Lipinski definition) is 8. The standard InChI is InChI=1S/C28H27BrN2O6S/c1-4-6-15-37-20-13-9-18(10-14-20)23(32)21-22(17-7-11-19(29)12-8-17)31(26(34)24(21)33)28-30-16(3)25(38-28)27(35)36-5-2/h7-14,22,32H,4-6,15H2,1-3H3/t22-/m1/s1. The topological polar surface area (TPSA) is 106 Å². The summed E-state index contributed by atoms with van der Waals surface area (Å²) >= 11 is 4.38. The molecule has 1 atom stereocenters. The van der Waals surface area contributed by atoms with E-state index in [9.17, 15) is 19.5 Å². The molecule has 4 rings (SSSR count). The molecule has 10 heteroatoms. The maximum Gasteiger partial charge on any atom is 0.350 e. The number of aryl methyl sites for hydroxylation is 1. The molecule has 1 aliphatic rings. The second-order valence-corrected chi connectivity index (χ2v) is 10.5. The summed E-state index contributed by atoms with van der Waals surface area (Å²) in [7, 11) is 0. The Kier molecular flexibility index (Phi) is 8.63. The minimum Gasteiger partial charge on any atom is -0.507 e. The van der Waals surface area contributed by atoms with E-state index in [-0.39, 0.29) is 27.9 Å². The molecule has 1 N–H and O–H groups in total. The van der Waals surface area contributed by atoms with Crippen LogP contribution in [-0.4, -0.2) is 41.0 Å². The summed E-state index contributed by atoms with van der Waals surface area (Å²) in [6.07, 6.45) is 1.93. The van der Waals surface area contributed by atoms with Crippen molar-refractivity contribution in [3.05, 3.63) is 80.3 Å². The number of thiazole rings is 1. The number of aromatic nitrogens is 1. The predicted octanol–water partition coefficient (Wildman–Crippen LogP) is 6.20. The highest BCUT2D eigenvalue weighted by Crippen LogP contribution is 2.44. The lowest BCUT2D eigenvalue weighted by Crippen LogP contribution is -2.29. The Hall–Kier alpha value is -3.50. The number of unbranched alkanes of at least 4 members (excludes halogenated alkanes) is 1. The van der Waals surface area contributed by atoms with Gasteiger partial charge < -0.3 is 14.6 Å². The van der Waals surface area contributed by atoms with E-state index in [1.165, 1.54) is 4.90 Å². The van der Waals surface area contributed by atoms with Crippen molar-refractivity contribution in [1.29, 1.82) is 0 Å². The van der Waals surface area contributed by atoms with Gasteiger partial charge in [0.1, 0.15) is 16.4 Å². The van der Waals surface area contributed by atoms with Gasteiger partial charge in [-0.1, -0.05) is 52.7 Å². The molecule has 3 aromatic rings. The molecule has 8 nitrogen and oxygen atoms in total. The van der Waals surface area contributed by atoms with E-state index in [0.29, 0.717) is 29.2 Å². The third-order valence-corrected chi connectivity index (χ3v) is 7.64. The van der Waals surface area contributed by atoms with Crippen LogP contribution in [-0.2, 0) is 14.3 Å². The average molecular weight is 600 g/mol. The van der Waals surface area contributed by atoms with E-state index >= 15 is 0 Å². The number of ketones is 1. The first-order valence-electron chi connectivity index (χ1n) is 12.2. The third kappa shape index (κ3) is 5.51. The van der Waals surface area contributed by atoms with Crippen LogP contribution in [0.4, 0.5) is 5.13 Å². The number of rotatable bonds is 9. The molecule has 38 heavy (non-hydrogen) atoms. The highest BCUT2D eigenvalue weighted by molar-refractivity contribution is 9.10. The number of aliphatic hydroxyl groups is 1. The molecule has 0 unspecified atom stereocenters. The summed E-state index contributed by atoms with van der Waals surface area (Å²) in [6, 6.07) is 12.9. The Labute approximate surface area is 233 Å². The van der Waals surface area contributed by atoms with Gasteiger partial charge in [-0.15, -0.1) is 0 Å². The Bertz CT molecular complexity index is 1380. The molecule has 1 saturated heterocycles. The van der Waals surface area contributed by atoms with Crippen molar-refractivity contribution < 1.29 is 29.0 Å². The SMILES string of the molecule is CCCCOc1ccc(C(O)=C2C(=O)C(=O)N(c3nc(C)c(C(=O)OCC)s3)[C@@H]2c2ccc(Br)cc2)cc1. The van der Waals surface area contributed by atoms with Crippen LogP contribution in [0.3, 0.4) is 0 Å². The van der Waals surface area contributed by atoms with Gasteiger partial charge in [0.05, 0.1) is 30.5 Å². The van der Waals surface area contributed by atoms with Crippen LogP contribution >= 0.6 is 27.3 Å². The van der Waals surface area contributed by atoms with Crippen molar-refractivity contribution in [2.75, 3.05) is 18.1 Å². The summed E-state index contributed by atoms with van der Waals surface area (Å²) < 4.78 is 11.6. The lowest BCUT2D eigenvalue weighted by atomic mass is 9.95. The van der Waals surface area contributed by atoms with E-state index in [4.69, 9.17) is 9.47 Å². The Morgan fingerprint density at radius 1 is 1.11 bits per heavy atom. The number of aliphatic hydroxyl groups excluding tert-OH is 1. The zero-order chi connectivity index (χ0) is 27.4. The largest absolute Gasteiger partial charge is 0.507 e. The van der Waals surface area contributed by atoms with Crippen LogP contribution in [0.5, 0.6) is 5.75 Å². The first-order valence-corrected chi connectivity index (χ1v) is 13.8. The Morgan fingerprint density at radius 2 is 1.79 bits per heavy atom. The molecular weight excluding hydrogens is 572 g/mol. The quantitative estimate of drug-likeness (QED) is 0.103. The Morgan fingerprint density at radius 3 is 2.42 bits per heavy atom. The van der Waals surface area contributed by atoms with E-state index in [1.54, 1.807) is 62.4 Å². The van der Waals surface area contributed by atoms with Crippen LogP contribution in [0, 0.1) is 6.92 Å². The molecule has 2 aromatic carbocycles. The van der Waals surface area contributed by atoms with Crippen molar-refractivity contribution in [1.82, 2.24) is 4.98 Å². The van der Waals surface area contributed by atoms with E-state index in [0.717, 1.165) is 28.7 Å². The number of Topliss-reactive ketones (excluding diaryl/α,β-unsaturated/α-hetero) is 1. The van der Waals surface area contributed by atoms with Gasteiger partial charge >= 0.3 is 11.9 Å². The zero-order valence-electron chi connectivity index (χ0n) is 21.2. The summed E-state index contributed by atoms with van der Waals surface area (Å²) in [5.41, 5.74) is 1.29. The summed E-state index contributed by atoms with van der Waals surface area (Å²) in [5.74, 6) is -1.90. The van der Waals surface area contributed by atoms with Crippen LogP contribution < -0.4 is 9.64 Å². The molecule has 0 spiro atoms. The number of amides is 1. The third-order valence-electron chi connectivity index (χ3n) is 5.98. The number of nitrogens with zero attached hydrogens (tertiary/aromatic N) is 2. The average Bonchev–Trinajstić information content (AvgIpc) is 3.41. The molecule has 1 amide bonds. The monoisotopic (exact) mass is 598 g/mol. The van der Waals surface area contributed by atoms with Gasteiger partial charge in [0.15, 0.2) is 5.13 Å². The van der Waals surface area contributed by atoms with Gasteiger partial charge in [-0.2, -0.15) is 0 Å². The van der Waals surface area contributed by atoms with Crippen molar-refractivity contribution in [2.24, 2.45) is 0 Å². The molecule has 2 heterocycles. The predicted molar refractivity (Wildman–Crippen MR) is 149 cm³/mol. The van der Waals surface area contributed by atoms with Gasteiger partial charge in [-0.05, 0) is 62.2 Å². The fourth-order valence-corrected chi connectivity index (χ4v) is 5.31. The molecule has 0 aliphatic carbocycles.